The summed E-state index contributed by atoms with van der Waals surface area (Å²) in [4.78, 5) is 24.5. The summed E-state index contributed by atoms with van der Waals surface area (Å²) in [5, 5.41) is 9.36. The first-order chi connectivity index (χ1) is 11.2. The molecule has 4 heteroatoms. The van der Waals surface area contributed by atoms with Crippen molar-refractivity contribution in [1.82, 2.24) is 0 Å². The Labute approximate surface area is 144 Å². The van der Waals surface area contributed by atoms with Gasteiger partial charge in [-0.25, -0.2) is 4.79 Å². The number of hydrogen-bond donors (Lipinski definition) is 1. The number of carbonyl (C=O) groups excluding carboxylic acids is 2. The van der Waals surface area contributed by atoms with Crippen molar-refractivity contribution in [2.75, 3.05) is 6.61 Å². The number of aliphatic hydroxyl groups excluding tert-OH is 1. The van der Waals surface area contributed by atoms with Gasteiger partial charge in [-0.15, -0.1) is 0 Å². The Balaban J connectivity index is 2.25. The molecule has 132 valence electrons. The molecule has 0 aromatic rings. The Kier molecular flexibility index (Phi) is 5.49. The first-order valence-corrected chi connectivity index (χ1v) is 8.62. The summed E-state index contributed by atoms with van der Waals surface area (Å²) in [7, 11) is 0. The monoisotopic (exact) mass is 332 g/mol. The van der Waals surface area contributed by atoms with Gasteiger partial charge in [-0.3, -0.25) is 4.79 Å². The highest BCUT2D eigenvalue weighted by Crippen LogP contribution is 2.53. The summed E-state index contributed by atoms with van der Waals surface area (Å²) in [6.45, 7) is 11.5. The van der Waals surface area contributed by atoms with Gasteiger partial charge in [0.1, 0.15) is 6.10 Å². The zero-order valence-electron chi connectivity index (χ0n) is 15.1. The molecule has 0 aromatic carbocycles. The van der Waals surface area contributed by atoms with Crippen molar-refractivity contribution in [1.29, 1.82) is 0 Å². The first kappa shape index (κ1) is 18.7. The van der Waals surface area contributed by atoms with E-state index in [9.17, 15) is 14.7 Å². The topological polar surface area (TPSA) is 63.6 Å². The summed E-state index contributed by atoms with van der Waals surface area (Å²) in [5.41, 5.74) is 2.09. The van der Waals surface area contributed by atoms with Crippen LogP contribution in [0.5, 0.6) is 0 Å². The van der Waals surface area contributed by atoms with Crippen LogP contribution in [0.25, 0.3) is 0 Å². The Hall–Kier alpha value is -1.68. The number of ketones is 1. The molecule has 0 saturated heterocycles. The number of carbonyl (C=O) groups is 2. The molecule has 2 aliphatic rings. The highest BCUT2D eigenvalue weighted by molar-refractivity contribution is 5.95. The lowest BCUT2D eigenvalue weighted by Crippen LogP contribution is -2.46. The van der Waals surface area contributed by atoms with Crippen LogP contribution in [0.4, 0.5) is 0 Å². The van der Waals surface area contributed by atoms with E-state index in [4.69, 9.17) is 4.74 Å². The van der Waals surface area contributed by atoms with E-state index in [1.165, 1.54) is 0 Å². The second-order valence-electron chi connectivity index (χ2n) is 7.31. The number of esters is 1. The van der Waals surface area contributed by atoms with E-state index in [0.29, 0.717) is 17.6 Å². The Morgan fingerprint density at radius 1 is 1.54 bits per heavy atom. The van der Waals surface area contributed by atoms with Crippen LogP contribution in [0.15, 0.2) is 35.5 Å². The zero-order chi connectivity index (χ0) is 18.1. The Morgan fingerprint density at radius 3 is 2.79 bits per heavy atom. The van der Waals surface area contributed by atoms with Gasteiger partial charge in [0.25, 0.3) is 0 Å². The summed E-state index contributed by atoms with van der Waals surface area (Å²) < 4.78 is 5.73. The highest BCUT2D eigenvalue weighted by atomic mass is 16.5. The average molecular weight is 332 g/mol. The lowest BCUT2D eigenvalue weighted by Gasteiger charge is -2.49. The molecule has 4 nitrogen and oxygen atoms in total. The van der Waals surface area contributed by atoms with E-state index in [0.717, 1.165) is 18.4 Å². The number of aliphatic hydroxyl groups is 1. The van der Waals surface area contributed by atoms with E-state index in [-0.39, 0.29) is 41.7 Å². The molecule has 1 fully saturated rings. The second-order valence-corrected chi connectivity index (χ2v) is 7.31. The van der Waals surface area contributed by atoms with Crippen LogP contribution in [-0.2, 0) is 14.3 Å². The van der Waals surface area contributed by atoms with Crippen molar-refractivity contribution in [2.45, 2.75) is 53.1 Å². The first-order valence-electron chi connectivity index (χ1n) is 8.62. The third kappa shape index (κ3) is 3.25. The molecule has 24 heavy (non-hydrogen) atoms. The van der Waals surface area contributed by atoms with Crippen LogP contribution in [0.3, 0.4) is 0 Å². The van der Waals surface area contributed by atoms with E-state index in [1.54, 1.807) is 19.1 Å². The largest absolute Gasteiger partial charge is 0.459 e. The number of fused-ring (bicyclic) bond motifs is 1. The molecule has 0 aliphatic heterocycles. The molecular weight excluding hydrogens is 304 g/mol. The van der Waals surface area contributed by atoms with Gasteiger partial charge in [0.15, 0.2) is 5.78 Å². The minimum Gasteiger partial charge on any atom is -0.459 e. The third-order valence-corrected chi connectivity index (χ3v) is 5.99. The minimum absolute atomic E-state index is 0.0360. The van der Waals surface area contributed by atoms with E-state index in [2.05, 4.69) is 20.4 Å². The van der Waals surface area contributed by atoms with Gasteiger partial charge in [0.05, 0.1) is 6.61 Å². The highest BCUT2D eigenvalue weighted by Gasteiger charge is 2.49. The maximum absolute atomic E-state index is 12.3. The van der Waals surface area contributed by atoms with Crippen LogP contribution in [0.2, 0.25) is 0 Å². The molecule has 0 amide bonds. The van der Waals surface area contributed by atoms with E-state index in [1.807, 2.05) is 6.92 Å². The van der Waals surface area contributed by atoms with Crippen LogP contribution in [0, 0.1) is 17.3 Å². The van der Waals surface area contributed by atoms with Gasteiger partial charge < -0.3 is 9.84 Å². The minimum atomic E-state index is -0.349. The van der Waals surface area contributed by atoms with Crippen LogP contribution in [0.1, 0.15) is 47.0 Å². The lowest BCUT2D eigenvalue weighted by molar-refractivity contribution is -0.151. The summed E-state index contributed by atoms with van der Waals surface area (Å²) >= 11 is 0. The summed E-state index contributed by atoms with van der Waals surface area (Å²) in [6, 6.07) is 0. The van der Waals surface area contributed by atoms with Gasteiger partial charge in [-0.05, 0) is 50.2 Å². The Morgan fingerprint density at radius 2 is 2.21 bits per heavy atom. The SMILES string of the molecule is C=C(CO)[C@@H]1C[C@@]2(C)C(=CC1=O)CC[C@@H](OC(=O)/C(C)=C\C)[C@@H]2C. The number of rotatable bonds is 4. The van der Waals surface area contributed by atoms with Crippen molar-refractivity contribution in [3.8, 4) is 0 Å². The van der Waals surface area contributed by atoms with E-state index < -0.39 is 0 Å². The van der Waals surface area contributed by atoms with Gasteiger partial charge in [-0.2, -0.15) is 0 Å². The molecule has 0 heterocycles. The van der Waals surface area contributed by atoms with Crippen LogP contribution < -0.4 is 0 Å². The van der Waals surface area contributed by atoms with Crippen LogP contribution >= 0.6 is 0 Å². The molecule has 0 unspecified atom stereocenters. The molecule has 4 atom stereocenters. The standard InChI is InChI=1S/C20H28O4/c1-6-12(2)19(23)24-18-8-7-15-9-17(22)16(13(3)11-21)10-20(15,5)14(18)4/h6,9,14,16,18,21H,3,7-8,10-11H2,1-2,4-5H3/b12-6-/t14-,16-,18+,20+/m0/s1. The molecule has 2 aliphatic carbocycles. The average Bonchev–Trinajstić information content (AvgIpc) is 2.57. The fraction of sp³-hybridized carbons (Fsp3) is 0.600. The molecule has 0 radical (unpaired) electrons. The number of allylic oxidation sites excluding steroid dienone is 3. The van der Waals surface area contributed by atoms with E-state index >= 15 is 0 Å². The normalized spacial score (nSPS) is 33.5. The Bertz CT molecular complexity index is 613. The predicted octanol–water partition coefficient (Wildman–Crippen LogP) is 3.36. The smallest absolute Gasteiger partial charge is 0.333 e. The molecule has 1 saturated carbocycles. The van der Waals surface area contributed by atoms with Crippen LogP contribution in [-0.4, -0.2) is 29.6 Å². The van der Waals surface area contributed by atoms with Crippen molar-refractivity contribution in [2.24, 2.45) is 17.3 Å². The molecule has 0 spiro atoms. The van der Waals surface area contributed by atoms with Crippen molar-refractivity contribution < 1.29 is 19.4 Å². The lowest BCUT2D eigenvalue weighted by atomic mass is 9.57. The summed E-state index contributed by atoms with van der Waals surface area (Å²) in [5.74, 6) is -0.478. The molecule has 0 bridgehead atoms. The van der Waals surface area contributed by atoms with Crippen molar-refractivity contribution in [3.05, 3.63) is 35.5 Å². The fourth-order valence-electron chi connectivity index (χ4n) is 3.85. The number of hydrogen-bond acceptors (Lipinski definition) is 4. The van der Waals surface area contributed by atoms with Gasteiger partial charge in [0, 0.05) is 17.4 Å². The molecule has 0 aromatic heterocycles. The van der Waals surface area contributed by atoms with Gasteiger partial charge in [0.2, 0.25) is 0 Å². The second kappa shape index (κ2) is 7.06. The zero-order valence-corrected chi connectivity index (χ0v) is 15.1. The van der Waals surface area contributed by atoms with Crippen molar-refractivity contribution >= 4 is 11.8 Å². The third-order valence-electron chi connectivity index (χ3n) is 5.99. The number of ether oxygens (including phenoxy) is 1. The maximum atomic E-state index is 12.3. The fourth-order valence-corrected chi connectivity index (χ4v) is 3.85. The predicted molar refractivity (Wildman–Crippen MR) is 93.2 cm³/mol. The molecular formula is C20H28O4. The van der Waals surface area contributed by atoms with Gasteiger partial charge in [-0.1, -0.05) is 32.1 Å². The molecule has 2 rings (SSSR count). The van der Waals surface area contributed by atoms with Gasteiger partial charge >= 0.3 is 5.97 Å². The quantitative estimate of drug-likeness (QED) is 0.487. The molecule has 1 N–H and O–H groups in total. The maximum Gasteiger partial charge on any atom is 0.333 e. The van der Waals surface area contributed by atoms with Crippen molar-refractivity contribution in [3.63, 3.8) is 0 Å². The summed E-state index contributed by atoms with van der Waals surface area (Å²) in [6.07, 6.45) is 5.45.